The molecule has 0 spiro atoms. The third kappa shape index (κ3) is 3.53. The van der Waals surface area contributed by atoms with Crippen molar-refractivity contribution in [3.05, 3.63) is 70.5 Å². The zero-order valence-electron chi connectivity index (χ0n) is 14.1. The highest BCUT2D eigenvalue weighted by molar-refractivity contribution is 7.14. The van der Waals surface area contributed by atoms with E-state index in [-0.39, 0.29) is 16.5 Å². The number of nitrogens with one attached hydrogen (secondary N) is 1. The van der Waals surface area contributed by atoms with Crippen LogP contribution in [0.1, 0.15) is 21.0 Å². The van der Waals surface area contributed by atoms with Crippen LogP contribution in [0.4, 0.5) is 5.13 Å². The number of aromatic nitrogens is 3. The molecule has 2 amide bonds. The maximum atomic E-state index is 12.6. The lowest BCUT2D eigenvalue weighted by molar-refractivity contribution is 0.0991. The standard InChI is InChI=1S/C18H12ClN5O3S/c19-10-3-5-11(6-4-10)24-14(15-2-1-7-27-15)8-12(23-24)17(26)22-18-21-13(9-28-18)16(20)25/h1-9H,(H2,20,25)(H,21,22,26). The number of thiazole rings is 1. The van der Waals surface area contributed by atoms with Crippen LogP contribution in [-0.4, -0.2) is 26.6 Å². The average molecular weight is 414 g/mol. The van der Waals surface area contributed by atoms with Crippen LogP contribution in [0.3, 0.4) is 0 Å². The Morgan fingerprint density at radius 1 is 1.18 bits per heavy atom. The number of rotatable bonds is 5. The molecule has 3 N–H and O–H groups in total. The van der Waals surface area contributed by atoms with Crippen LogP contribution in [0.2, 0.25) is 5.02 Å². The number of halogens is 1. The lowest BCUT2D eigenvalue weighted by Crippen LogP contribution is -2.14. The van der Waals surface area contributed by atoms with Gasteiger partial charge in [-0.05, 0) is 36.4 Å². The highest BCUT2D eigenvalue weighted by atomic mass is 35.5. The van der Waals surface area contributed by atoms with Gasteiger partial charge >= 0.3 is 0 Å². The summed E-state index contributed by atoms with van der Waals surface area (Å²) >= 11 is 7.05. The minimum Gasteiger partial charge on any atom is -0.463 e. The van der Waals surface area contributed by atoms with Crippen LogP contribution in [0.25, 0.3) is 17.1 Å². The van der Waals surface area contributed by atoms with Gasteiger partial charge in [0.25, 0.3) is 11.8 Å². The number of amides is 2. The van der Waals surface area contributed by atoms with Crippen molar-refractivity contribution < 1.29 is 14.0 Å². The molecule has 3 aromatic heterocycles. The summed E-state index contributed by atoms with van der Waals surface area (Å²) in [6.07, 6.45) is 1.54. The summed E-state index contributed by atoms with van der Waals surface area (Å²) in [6.45, 7) is 0. The Hall–Kier alpha value is -3.43. The van der Waals surface area contributed by atoms with Crippen molar-refractivity contribution in [3.63, 3.8) is 0 Å². The first-order valence-corrected chi connectivity index (χ1v) is 9.23. The Balaban J connectivity index is 1.69. The van der Waals surface area contributed by atoms with Crippen molar-refractivity contribution >= 4 is 39.9 Å². The fourth-order valence-corrected chi connectivity index (χ4v) is 3.30. The maximum absolute atomic E-state index is 12.6. The fourth-order valence-electron chi connectivity index (χ4n) is 2.48. The number of nitrogens with zero attached hydrogens (tertiary/aromatic N) is 3. The van der Waals surface area contributed by atoms with Gasteiger partial charge in [-0.25, -0.2) is 9.67 Å². The molecule has 140 valence electrons. The molecule has 28 heavy (non-hydrogen) atoms. The van der Waals surface area contributed by atoms with E-state index in [0.717, 1.165) is 11.3 Å². The molecule has 0 saturated heterocycles. The van der Waals surface area contributed by atoms with Crippen LogP contribution in [0.5, 0.6) is 0 Å². The molecule has 0 bridgehead atoms. The molecule has 0 radical (unpaired) electrons. The third-order valence-electron chi connectivity index (χ3n) is 3.76. The Bertz CT molecular complexity index is 1150. The molecule has 0 aliphatic heterocycles. The topological polar surface area (TPSA) is 116 Å². The smallest absolute Gasteiger partial charge is 0.277 e. The molecule has 10 heteroatoms. The monoisotopic (exact) mass is 413 g/mol. The van der Waals surface area contributed by atoms with Gasteiger partial charge in [0.05, 0.1) is 12.0 Å². The fraction of sp³-hybridized carbons (Fsp3) is 0. The lowest BCUT2D eigenvalue weighted by Gasteiger charge is -2.05. The van der Waals surface area contributed by atoms with Crippen molar-refractivity contribution in [1.29, 1.82) is 0 Å². The summed E-state index contributed by atoms with van der Waals surface area (Å²) in [6, 6.07) is 12.1. The first-order valence-electron chi connectivity index (χ1n) is 7.98. The largest absolute Gasteiger partial charge is 0.463 e. The molecule has 1 aromatic carbocycles. The van der Waals surface area contributed by atoms with Gasteiger partial charge in [-0.3, -0.25) is 14.9 Å². The molecule has 3 heterocycles. The van der Waals surface area contributed by atoms with Crippen LogP contribution in [-0.2, 0) is 0 Å². The predicted octanol–water partition coefficient (Wildman–Crippen LogP) is 3.59. The van der Waals surface area contributed by atoms with Crippen molar-refractivity contribution in [2.24, 2.45) is 5.73 Å². The first-order chi connectivity index (χ1) is 13.5. The van der Waals surface area contributed by atoms with Gasteiger partial charge < -0.3 is 10.2 Å². The van der Waals surface area contributed by atoms with Gasteiger partial charge in [-0.1, -0.05) is 11.6 Å². The summed E-state index contributed by atoms with van der Waals surface area (Å²) in [7, 11) is 0. The maximum Gasteiger partial charge on any atom is 0.277 e. The Labute approximate surface area is 167 Å². The number of anilines is 1. The van der Waals surface area contributed by atoms with Gasteiger partial charge in [0.2, 0.25) is 0 Å². The number of carbonyl (C=O) groups is 2. The molecule has 4 rings (SSSR count). The zero-order chi connectivity index (χ0) is 19.7. The number of furan rings is 1. The van der Waals surface area contributed by atoms with Crippen LogP contribution in [0.15, 0.2) is 58.5 Å². The Morgan fingerprint density at radius 3 is 2.61 bits per heavy atom. The Morgan fingerprint density at radius 2 is 1.96 bits per heavy atom. The van der Waals surface area contributed by atoms with E-state index in [1.54, 1.807) is 47.1 Å². The molecule has 4 aromatic rings. The molecule has 8 nitrogen and oxygen atoms in total. The quantitative estimate of drug-likeness (QED) is 0.518. The van der Waals surface area contributed by atoms with Crippen molar-refractivity contribution in [2.75, 3.05) is 5.32 Å². The van der Waals surface area contributed by atoms with Gasteiger partial charge in [0.15, 0.2) is 16.6 Å². The van der Waals surface area contributed by atoms with Crippen molar-refractivity contribution in [3.8, 4) is 17.1 Å². The molecule has 0 unspecified atom stereocenters. The van der Waals surface area contributed by atoms with E-state index in [9.17, 15) is 9.59 Å². The second kappa shape index (κ2) is 7.29. The second-order valence-corrected chi connectivity index (χ2v) is 6.93. The second-order valence-electron chi connectivity index (χ2n) is 5.64. The van der Waals surface area contributed by atoms with Crippen LogP contribution < -0.4 is 11.1 Å². The number of carbonyl (C=O) groups excluding carboxylic acids is 2. The first kappa shape index (κ1) is 18.0. The van der Waals surface area contributed by atoms with Crippen molar-refractivity contribution in [1.82, 2.24) is 14.8 Å². The molecule has 0 atom stereocenters. The van der Waals surface area contributed by atoms with E-state index >= 15 is 0 Å². The van der Waals surface area contributed by atoms with Crippen LogP contribution in [0, 0.1) is 0 Å². The minimum absolute atomic E-state index is 0.0864. The average Bonchev–Trinajstić information content (AvgIpc) is 3.42. The molecular formula is C18H12ClN5O3S. The summed E-state index contributed by atoms with van der Waals surface area (Å²) in [5.41, 5.74) is 6.72. The van der Waals surface area contributed by atoms with E-state index in [0.29, 0.717) is 22.2 Å². The van der Waals surface area contributed by atoms with E-state index in [1.807, 2.05) is 0 Å². The number of hydrogen-bond donors (Lipinski definition) is 2. The summed E-state index contributed by atoms with van der Waals surface area (Å²) in [5, 5.41) is 9.31. The SMILES string of the molecule is NC(=O)c1csc(NC(=O)c2cc(-c3ccco3)n(-c3ccc(Cl)cc3)n2)n1. The minimum atomic E-state index is -0.663. The highest BCUT2D eigenvalue weighted by Crippen LogP contribution is 2.26. The van der Waals surface area contributed by atoms with Gasteiger partial charge in [-0.15, -0.1) is 11.3 Å². The molecule has 0 aliphatic carbocycles. The number of hydrogen-bond acceptors (Lipinski definition) is 6. The summed E-state index contributed by atoms with van der Waals surface area (Å²) in [4.78, 5) is 27.7. The number of primary amides is 1. The van der Waals surface area contributed by atoms with Crippen molar-refractivity contribution in [2.45, 2.75) is 0 Å². The normalized spacial score (nSPS) is 10.8. The molecule has 0 fully saturated rings. The van der Waals surface area contributed by atoms with E-state index in [1.165, 1.54) is 11.6 Å². The molecular weight excluding hydrogens is 402 g/mol. The van der Waals surface area contributed by atoms with Gasteiger partial charge in [0, 0.05) is 16.5 Å². The molecule has 0 saturated carbocycles. The van der Waals surface area contributed by atoms with E-state index in [2.05, 4.69) is 15.4 Å². The summed E-state index contributed by atoms with van der Waals surface area (Å²) < 4.78 is 7.05. The number of nitrogens with two attached hydrogens (primary N) is 1. The van der Waals surface area contributed by atoms with Crippen LogP contribution >= 0.6 is 22.9 Å². The van der Waals surface area contributed by atoms with Gasteiger partial charge in [-0.2, -0.15) is 5.10 Å². The third-order valence-corrected chi connectivity index (χ3v) is 4.77. The Kier molecular flexibility index (Phi) is 4.68. The van der Waals surface area contributed by atoms with E-state index in [4.69, 9.17) is 21.8 Å². The number of benzene rings is 1. The predicted molar refractivity (Wildman–Crippen MR) is 105 cm³/mol. The lowest BCUT2D eigenvalue weighted by atomic mass is 10.2. The van der Waals surface area contributed by atoms with Gasteiger partial charge in [0.1, 0.15) is 11.4 Å². The zero-order valence-corrected chi connectivity index (χ0v) is 15.7. The van der Waals surface area contributed by atoms with E-state index < -0.39 is 11.8 Å². The summed E-state index contributed by atoms with van der Waals surface area (Å²) in [5.74, 6) is -0.596. The molecule has 0 aliphatic rings. The highest BCUT2D eigenvalue weighted by Gasteiger charge is 2.19.